The molecule has 0 radical (unpaired) electrons. The van der Waals surface area contributed by atoms with Crippen molar-refractivity contribution in [3.8, 4) is 11.5 Å². The van der Waals surface area contributed by atoms with Gasteiger partial charge < -0.3 is 19.9 Å². The van der Waals surface area contributed by atoms with Crippen molar-refractivity contribution in [2.75, 3.05) is 26.1 Å². The Kier molecular flexibility index (Phi) is 6.06. The maximum absolute atomic E-state index is 9.16. The van der Waals surface area contributed by atoms with Gasteiger partial charge in [-0.15, -0.1) is 0 Å². The number of methoxy groups -OCH3 is 2. The zero-order valence-electron chi connectivity index (χ0n) is 16.8. The van der Waals surface area contributed by atoms with Crippen LogP contribution in [0.15, 0.2) is 53.0 Å². The van der Waals surface area contributed by atoms with Crippen LogP contribution in [-0.2, 0) is 6.42 Å². The van der Waals surface area contributed by atoms with Crippen LogP contribution in [0.3, 0.4) is 0 Å². The van der Waals surface area contributed by atoms with E-state index in [1.807, 2.05) is 47.1 Å². The summed E-state index contributed by atoms with van der Waals surface area (Å²) in [4.78, 5) is 4.66. The number of halogens is 1. The first kappa shape index (κ1) is 20.4. The van der Waals surface area contributed by atoms with Crippen LogP contribution in [0.2, 0.25) is 0 Å². The van der Waals surface area contributed by atoms with E-state index in [-0.39, 0.29) is 12.6 Å². The molecule has 2 heterocycles. The van der Waals surface area contributed by atoms with Gasteiger partial charge in [-0.2, -0.15) is 10.1 Å². The second kappa shape index (κ2) is 8.89. The van der Waals surface area contributed by atoms with Crippen molar-refractivity contribution in [1.82, 2.24) is 14.8 Å². The molecule has 156 valence electrons. The van der Waals surface area contributed by atoms with Gasteiger partial charge in [0, 0.05) is 23.2 Å². The van der Waals surface area contributed by atoms with Crippen LogP contribution in [0.1, 0.15) is 29.4 Å². The van der Waals surface area contributed by atoms with Crippen molar-refractivity contribution in [3.05, 3.63) is 70.0 Å². The predicted octanol–water partition coefficient (Wildman–Crippen LogP) is 4.04. The summed E-state index contributed by atoms with van der Waals surface area (Å²) in [6, 6.07) is 13.8. The minimum absolute atomic E-state index is 0.110. The minimum atomic E-state index is -0.171. The first-order valence-electron chi connectivity index (χ1n) is 9.66. The van der Waals surface area contributed by atoms with Gasteiger partial charge in [0.25, 0.3) is 0 Å². The molecule has 1 aromatic heterocycles. The van der Waals surface area contributed by atoms with Crippen LogP contribution in [-0.4, -0.2) is 40.7 Å². The molecule has 4 rings (SSSR count). The third kappa shape index (κ3) is 4.06. The number of rotatable bonds is 7. The maximum Gasteiger partial charge on any atom is 0.226 e. The summed E-state index contributed by atoms with van der Waals surface area (Å²) in [5.74, 6) is 2.70. The standard InChI is InChI=1S/C22H23BrN4O3/c1-29-19-10-7-15(12-20(19)30-2)18-13-17(14-5-8-16(23)9-6-14)24-22-25-21(4-3-11-28)26-27(18)22/h5-10,12-13,18,28H,3-4,11H2,1-2H3,(H,24,25,26)/t18-/m1/s1. The van der Waals surface area contributed by atoms with Crippen LogP contribution in [0.5, 0.6) is 11.5 Å². The highest BCUT2D eigenvalue weighted by molar-refractivity contribution is 9.10. The average Bonchev–Trinajstić information content (AvgIpc) is 3.20. The monoisotopic (exact) mass is 470 g/mol. The molecule has 1 atom stereocenters. The van der Waals surface area contributed by atoms with Crippen LogP contribution >= 0.6 is 15.9 Å². The van der Waals surface area contributed by atoms with E-state index >= 15 is 0 Å². The number of nitrogens with zero attached hydrogens (tertiary/aromatic N) is 3. The number of ether oxygens (including phenoxy) is 2. The molecule has 0 fully saturated rings. The van der Waals surface area contributed by atoms with Gasteiger partial charge in [-0.1, -0.05) is 34.1 Å². The Morgan fingerprint density at radius 3 is 2.57 bits per heavy atom. The Balaban J connectivity index is 1.79. The molecule has 30 heavy (non-hydrogen) atoms. The molecule has 8 heteroatoms. The molecule has 7 nitrogen and oxygen atoms in total. The largest absolute Gasteiger partial charge is 0.493 e. The average molecular weight is 471 g/mol. The lowest BCUT2D eigenvalue weighted by Gasteiger charge is -2.25. The van der Waals surface area contributed by atoms with E-state index in [1.54, 1.807) is 14.2 Å². The highest BCUT2D eigenvalue weighted by Gasteiger charge is 2.26. The van der Waals surface area contributed by atoms with Crippen molar-refractivity contribution in [2.45, 2.75) is 18.9 Å². The zero-order valence-corrected chi connectivity index (χ0v) is 18.4. The summed E-state index contributed by atoms with van der Waals surface area (Å²) >= 11 is 3.49. The van der Waals surface area contributed by atoms with Crippen molar-refractivity contribution in [2.24, 2.45) is 0 Å². The normalized spacial score (nSPS) is 15.2. The van der Waals surface area contributed by atoms with Crippen LogP contribution in [0, 0.1) is 0 Å². The van der Waals surface area contributed by atoms with E-state index in [0.717, 1.165) is 21.3 Å². The number of fused-ring (bicyclic) bond motifs is 1. The lowest BCUT2D eigenvalue weighted by Crippen LogP contribution is -2.20. The molecule has 2 aromatic carbocycles. The molecule has 1 aliphatic heterocycles. The quantitative estimate of drug-likeness (QED) is 0.542. The Morgan fingerprint density at radius 1 is 1.10 bits per heavy atom. The fourth-order valence-corrected chi connectivity index (χ4v) is 3.72. The molecule has 0 unspecified atom stereocenters. The van der Waals surface area contributed by atoms with Gasteiger partial charge in [0.15, 0.2) is 17.3 Å². The van der Waals surface area contributed by atoms with Crippen molar-refractivity contribution in [3.63, 3.8) is 0 Å². The van der Waals surface area contributed by atoms with E-state index < -0.39 is 0 Å². The zero-order chi connectivity index (χ0) is 21.1. The lowest BCUT2D eigenvalue weighted by atomic mass is 10.0. The lowest BCUT2D eigenvalue weighted by molar-refractivity contribution is 0.287. The van der Waals surface area contributed by atoms with Gasteiger partial charge in [0.2, 0.25) is 5.95 Å². The first-order chi connectivity index (χ1) is 14.6. The van der Waals surface area contributed by atoms with E-state index in [2.05, 4.69) is 32.3 Å². The SMILES string of the molecule is COc1ccc([C@H]2C=C(c3ccc(Br)cc3)Nc3nc(CCCO)nn32)cc1OC. The van der Waals surface area contributed by atoms with Gasteiger partial charge in [0.05, 0.1) is 14.2 Å². The number of aromatic nitrogens is 3. The molecular formula is C22H23BrN4O3. The van der Waals surface area contributed by atoms with Gasteiger partial charge in [-0.25, -0.2) is 4.68 Å². The van der Waals surface area contributed by atoms with Crippen LogP contribution < -0.4 is 14.8 Å². The second-order valence-corrected chi connectivity index (χ2v) is 7.81. The number of anilines is 1. The number of aliphatic hydroxyl groups excluding tert-OH is 1. The Morgan fingerprint density at radius 2 is 1.87 bits per heavy atom. The van der Waals surface area contributed by atoms with Gasteiger partial charge >= 0.3 is 0 Å². The number of hydrogen-bond donors (Lipinski definition) is 2. The number of allylic oxidation sites excluding steroid dienone is 1. The smallest absolute Gasteiger partial charge is 0.226 e. The molecule has 0 saturated heterocycles. The summed E-state index contributed by atoms with van der Waals surface area (Å²) in [7, 11) is 3.25. The first-order valence-corrected chi connectivity index (χ1v) is 10.4. The van der Waals surface area contributed by atoms with Crippen molar-refractivity contribution in [1.29, 1.82) is 0 Å². The molecule has 0 bridgehead atoms. The fraction of sp³-hybridized carbons (Fsp3) is 0.273. The van der Waals surface area contributed by atoms with Crippen LogP contribution in [0.4, 0.5) is 5.95 Å². The van der Waals surface area contributed by atoms with Gasteiger partial charge in [-0.3, -0.25) is 0 Å². The summed E-state index contributed by atoms with van der Waals surface area (Å²) in [6.45, 7) is 0.110. The van der Waals surface area contributed by atoms with E-state index in [4.69, 9.17) is 19.7 Å². The highest BCUT2D eigenvalue weighted by atomic mass is 79.9. The molecule has 0 amide bonds. The second-order valence-electron chi connectivity index (χ2n) is 6.89. The molecule has 2 N–H and O–H groups in total. The number of aryl methyl sites for hydroxylation is 1. The summed E-state index contributed by atoms with van der Waals surface area (Å²) in [5, 5.41) is 17.3. The van der Waals surface area contributed by atoms with E-state index in [9.17, 15) is 0 Å². The Hall–Kier alpha value is -2.84. The number of hydrogen-bond acceptors (Lipinski definition) is 6. The summed E-state index contributed by atoms with van der Waals surface area (Å²) in [6.07, 6.45) is 3.36. The third-order valence-electron chi connectivity index (χ3n) is 4.97. The predicted molar refractivity (Wildman–Crippen MR) is 119 cm³/mol. The number of aliphatic hydroxyl groups is 1. The van der Waals surface area contributed by atoms with Gasteiger partial charge in [0.1, 0.15) is 6.04 Å². The Labute approximate surface area is 183 Å². The highest BCUT2D eigenvalue weighted by Crippen LogP contribution is 2.36. The summed E-state index contributed by atoms with van der Waals surface area (Å²) < 4.78 is 13.8. The molecule has 1 aliphatic rings. The van der Waals surface area contributed by atoms with E-state index in [0.29, 0.717) is 36.1 Å². The minimum Gasteiger partial charge on any atom is -0.493 e. The van der Waals surface area contributed by atoms with Crippen molar-refractivity contribution >= 4 is 27.6 Å². The molecule has 3 aromatic rings. The van der Waals surface area contributed by atoms with E-state index in [1.165, 1.54) is 0 Å². The Bertz CT molecular complexity index is 1060. The number of benzene rings is 2. The topological polar surface area (TPSA) is 81.4 Å². The molecular weight excluding hydrogens is 448 g/mol. The summed E-state index contributed by atoms with van der Waals surface area (Å²) in [5.41, 5.74) is 3.01. The number of nitrogens with one attached hydrogen (secondary N) is 1. The van der Waals surface area contributed by atoms with Crippen molar-refractivity contribution < 1.29 is 14.6 Å². The van der Waals surface area contributed by atoms with Gasteiger partial charge in [-0.05, 0) is 47.9 Å². The molecule has 0 spiro atoms. The maximum atomic E-state index is 9.16. The molecule has 0 saturated carbocycles. The third-order valence-corrected chi connectivity index (χ3v) is 5.50. The van der Waals surface area contributed by atoms with Crippen LogP contribution in [0.25, 0.3) is 5.70 Å². The fourth-order valence-electron chi connectivity index (χ4n) is 3.45. The molecule has 0 aliphatic carbocycles.